The molecule has 1 heterocycles. The fourth-order valence-electron chi connectivity index (χ4n) is 2.38. The van der Waals surface area contributed by atoms with Gasteiger partial charge in [0.1, 0.15) is 0 Å². The van der Waals surface area contributed by atoms with Gasteiger partial charge in [0.25, 0.3) is 0 Å². The Hall–Kier alpha value is -0.350. The summed E-state index contributed by atoms with van der Waals surface area (Å²) in [6.07, 6.45) is 6.81. The molecule has 0 saturated heterocycles. The largest absolute Gasteiger partial charge is 0.217 e. The predicted molar refractivity (Wildman–Crippen MR) is 72.5 cm³/mol. The van der Waals surface area contributed by atoms with Crippen LogP contribution in [0.25, 0.3) is 0 Å². The first-order valence-electron chi connectivity index (χ1n) is 6.75. The molecule has 1 saturated carbocycles. The third-order valence-corrected chi connectivity index (χ3v) is 5.85. The Morgan fingerprint density at radius 2 is 1.82 bits per heavy atom. The smallest absolute Gasteiger partial charge is 0.212 e. The van der Waals surface area contributed by atoms with Crippen LogP contribution in [-0.4, -0.2) is 31.1 Å². The van der Waals surface area contributed by atoms with E-state index in [1.165, 1.54) is 5.57 Å². The third kappa shape index (κ3) is 3.55. The minimum absolute atomic E-state index is 0.0932. The zero-order valence-corrected chi connectivity index (χ0v) is 12.1. The lowest BCUT2D eigenvalue weighted by Crippen LogP contribution is -2.40. The summed E-state index contributed by atoms with van der Waals surface area (Å²) in [6.45, 7) is 7.34. The van der Waals surface area contributed by atoms with Crippen LogP contribution in [0.5, 0.6) is 0 Å². The van der Waals surface area contributed by atoms with E-state index in [0.29, 0.717) is 13.1 Å². The zero-order valence-electron chi connectivity index (χ0n) is 11.3. The molecule has 0 radical (unpaired) electrons. The topological polar surface area (TPSA) is 37.4 Å². The standard InChI is InChI=1S/C11H19NO2S.C2H6/c1-10-6-8-12(9-7-10)15(13,14)11-4-2-3-5-11;1-2/h6,11H,2-5,7-9H2,1H3;1-2H3. The Kier molecular flexibility index (Phi) is 5.67. The van der Waals surface area contributed by atoms with Crippen LogP contribution in [0.1, 0.15) is 52.9 Å². The average Bonchev–Trinajstić information content (AvgIpc) is 2.86. The summed E-state index contributed by atoms with van der Waals surface area (Å²) >= 11 is 0. The van der Waals surface area contributed by atoms with E-state index < -0.39 is 10.0 Å². The van der Waals surface area contributed by atoms with Crippen molar-refractivity contribution in [3.05, 3.63) is 11.6 Å². The fraction of sp³-hybridized carbons (Fsp3) is 0.846. The molecule has 1 aliphatic heterocycles. The summed E-state index contributed by atoms with van der Waals surface area (Å²) in [5.74, 6) is 0. The zero-order chi connectivity index (χ0) is 12.9. The number of hydrogen-bond acceptors (Lipinski definition) is 2. The van der Waals surface area contributed by atoms with E-state index in [9.17, 15) is 8.42 Å². The highest BCUT2D eigenvalue weighted by Gasteiger charge is 2.34. The Labute approximate surface area is 106 Å². The van der Waals surface area contributed by atoms with Crippen LogP contribution in [0, 0.1) is 0 Å². The van der Waals surface area contributed by atoms with Crippen molar-refractivity contribution in [2.75, 3.05) is 13.1 Å². The highest BCUT2D eigenvalue weighted by atomic mass is 32.2. The molecule has 1 aliphatic carbocycles. The molecule has 0 N–H and O–H groups in total. The summed E-state index contributed by atoms with van der Waals surface area (Å²) < 4.78 is 26.0. The molecule has 100 valence electrons. The quantitative estimate of drug-likeness (QED) is 0.715. The van der Waals surface area contributed by atoms with E-state index in [0.717, 1.165) is 32.1 Å². The number of nitrogens with zero attached hydrogens (tertiary/aromatic N) is 1. The predicted octanol–water partition coefficient (Wildman–Crippen LogP) is 2.94. The van der Waals surface area contributed by atoms with E-state index in [4.69, 9.17) is 0 Å². The van der Waals surface area contributed by atoms with Gasteiger partial charge in [-0.1, -0.05) is 38.3 Å². The molecular formula is C13H25NO2S. The van der Waals surface area contributed by atoms with Crippen LogP contribution in [0.3, 0.4) is 0 Å². The number of sulfonamides is 1. The molecule has 0 aromatic carbocycles. The van der Waals surface area contributed by atoms with Gasteiger partial charge in [-0.25, -0.2) is 8.42 Å². The maximum Gasteiger partial charge on any atom is 0.217 e. The normalized spacial score (nSPS) is 22.9. The summed E-state index contributed by atoms with van der Waals surface area (Å²) in [4.78, 5) is 0. The third-order valence-electron chi connectivity index (χ3n) is 3.48. The Morgan fingerprint density at radius 3 is 2.29 bits per heavy atom. The van der Waals surface area contributed by atoms with Crippen molar-refractivity contribution in [3.63, 3.8) is 0 Å². The van der Waals surface area contributed by atoms with Crippen LogP contribution in [0.4, 0.5) is 0 Å². The molecule has 2 rings (SSSR count). The van der Waals surface area contributed by atoms with Gasteiger partial charge in [-0.15, -0.1) is 0 Å². The van der Waals surface area contributed by atoms with Crippen molar-refractivity contribution in [3.8, 4) is 0 Å². The minimum atomic E-state index is -3.00. The van der Waals surface area contributed by atoms with Gasteiger partial charge in [0.05, 0.1) is 5.25 Å². The Balaban J connectivity index is 0.000000686. The molecule has 17 heavy (non-hydrogen) atoms. The Morgan fingerprint density at radius 1 is 1.24 bits per heavy atom. The van der Waals surface area contributed by atoms with Gasteiger partial charge in [0.15, 0.2) is 0 Å². The van der Waals surface area contributed by atoms with Gasteiger partial charge >= 0.3 is 0 Å². The summed E-state index contributed by atoms with van der Waals surface area (Å²) in [6, 6.07) is 0. The average molecular weight is 259 g/mol. The molecule has 0 atom stereocenters. The van der Waals surface area contributed by atoms with Crippen molar-refractivity contribution in [2.45, 2.75) is 58.1 Å². The maximum absolute atomic E-state index is 12.2. The molecule has 3 nitrogen and oxygen atoms in total. The van der Waals surface area contributed by atoms with Crippen molar-refractivity contribution in [1.29, 1.82) is 0 Å². The van der Waals surface area contributed by atoms with Crippen molar-refractivity contribution < 1.29 is 8.42 Å². The van der Waals surface area contributed by atoms with Crippen LogP contribution in [-0.2, 0) is 10.0 Å². The number of hydrogen-bond donors (Lipinski definition) is 0. The van der Waals surface area contributed by atoms with Gasteiger partial charge in [0, 0.05) is 13.1 Å². The lowest BCUT2D eigenvalue weighted by molar-refractivity contribution is 0.422. The highest BCUT2D eigenvalue weighted by Crippen LogP contribution is 2.28. The molecule has 4 heteroatoms. The number of rotatable bonds is 2. The lowest BCUT2D eigenvalue weighted by Gasteiger charge is -2.27. The van der Waals surface area contributed by atoms with Gasteiger partial charge in [0.2, 0.25) is 10.0 Å². The van der Waals surface area contributed by atoms with Crippen molar-refractivity contribution in [2.24, 2.45) is 0 Å². The van der Waals surface area contributed by atoms with E-state index in [2.05, 4.69) is 6.92 Å². The second-order valence-electron chi connectivity index (χ2n) is 4.61. The van der Waals surface area contributed by atoms with E-state index in [1.54, 1.807) is 4.31 Å². The van der Waals surface area contributed by atoms with E-state index in [-0.39, 0.29) is 5.25 Å². The molecular weight excluding hydrogens is 234 g/mol. The van der Waals surface area contributed by atoms with E-state index in [1.807, 2.05) is 19.9 Å². The highest BCUT2D eigenvalue weighted by molar-refractivity contribution is 7.89. The van der Waals surface area contributed by atoms with Gasteiger partial charge < -0.3 is 0 Å². The first-order chi connectivity index (χ1) is 8.10. The molecule has 0 spiro atoms. The first kappa shape index (κ1) is 14.7. The minimum Gasteiger partial charge on any atom is -0.212 e. The van der Waals surface area contributed by atoms with Crippen LogP contribution < -0.4 is 0 Å². The fourth-order valence-corrected chi connectivity index (χ4v) is 4.36. The van der Waals surface area contributed by atoms with Crippen molar-refractivity contribution in [1.82, 2.24) is 4.31 Å². The summed E-state index contributed by atoms with van der Waals surface area (Å²) in [7, 11) is -3.00. The second-order valence-corrected chi connectivity index (χ2v) is 6.82. The van der Waals surface area contributed by atoms with Gasteiger partial charge in [-0.3, -0.25) is 0 Å². The van der Waals surface area contributed by atoms with Crippen molar-refractivity contribution >= 4 is 10.0 Å². The molecule has 0 bridgehead atoms. The summed E-state index contributed by atoms with van der Waals surface area (Å²) in [5, 5.41) is -0.0932. The molecule has 0 unspecified atom stereocenters. The lowest BCUT2D eigenvalue weighted by atomic mass is 10.1. The molecule has 0 amide bonds. The van der Waals surface area contributed by atoms with Crippen LogP contribution in [0.15, 0.2) is 11.6 Å². The molecule has 0 aromatic rings. The van der Waals surface area contributed by atoms with Gasteiger partial charge in [-0.05, 0) is 26.2 Å². The SMILES string of the molecule is CC.CC1=CCN(S(=O)(=O)C2CCCC2)CC1. The van der Waals surface area contributed by atoms with Gasteiger partial charge in [-0.2, -0.15) is 4.31 Å². The molecule has 2 aliphatic rings. The second kappa shape index (κ2) is 6.55. The first-order valence-corrected chi connectivity index (χ1v) is 8.25. The monoisotopic (exact) mass is 259 g/mol. The van der Waals surface area contributed by atoms with Crippen LogP contribution >= 0.6 is 0 Å². The molecule has 0 aromatic heterocycles. The summed E-state index contributed by atoms with van der Waals surface area (Å²) in [5.41, 5.74) is 1.31. The maximum atomic E-state index is 12.2. The Bertz CT molecular complexity index is 354. The van der Waals surface area contributed by atoms with Crippen LogP contribution in [0.2, 0.25) is 0 Å². The molecule has 1 fully saturated rings. The van der Waals surface area contributed by atoms with E-state index >= 15 is 0 Å².